The van der Waals surface area contributed by atoms with Crippen LogP contribution in [0.1, 0.15) is 24.0 Å². The van der Waals surface area contributed by atoms with Gasteiger partial charge in [0, 0.05) is 48.6 Å². The average Bonchev–Trinajstić information content (AvgIpc) is 2.75. The molecule has 28 heavy (non-hydrogen) atoms. The summed E-state index contributed by atoms with van der Waals surface area (Å²) in [4.78, 5) is 9.95. The monoisotopic (exact) mass is 376 g/mol. The van der Waals surface area contributed by atoms with E-state index in [1.807, 2.05) is 17.3 Å². The lowest BCUT2D eigenvalue weighted by Gasteiger charge is -2.43. The summed E-state index contributed by atoms with van der Waals surface area (Å²) >= 11 is 0. The molecule has 2 aliphatic rings. The largest absolute Gasteiger partial charge is 0.462 e. The van der Waals surface area contributed by atoms with Crippen molar-refractivity contribution in [2.45, 2.75) is 32.2 Å². The number of rotatable bonds is 2. The molecule has 5 rings (SSSR count). The van der Waals surface area contributed by atoms with Crippen LogP contribution in [-0.2, 0) is 16.2 Å². The minimum absolute atomic E-state index is 0.524. The molecule has 0 unspecified atom stereocenters. The number of benzene rings is 2. The summed E-state index contributed by atoms with van der Waals surface area (Å²) in [6, 6.07) is 14.6. The van der Waals surface area contributed by atoms with Crippen LogP contribution in [0.4, 0.5) is 0 Å². The molecule has 2 aliphatic heterocycles. The first-order chi connectivity index (χ1) is 13.7. The highest BCUT2D eigenvalue weighted by atomic mass is 16.7. The lowest BCUT2D eigenvalue weighted by Crippen LogP contribution is -2.50. The Morgan fingerprint density at radius 3 is 2.75 bits per heavy atom. The second-order valence-corrected chi connectivity index (χ2v) is 7.55. The van der Waals surface area contributed by atoms with Crippen molar-refractivity contribution in [3.63, 3.8) is 0 Å². The van der Waals surface area contributed by atoms with Crippen LogP contribution in [0.15, 0.2) is 48.7 Å². The van der Waals surface area contributed by atoms with Crippen LogP contribution in [-0.4, -0.2) is 36.0 Å². The van der Waals surface area contributed by atoms with Crippen LogP contribution in [0.5, 0.6) is 5.75 Å². The number of hydrogen-bond donors (Lipinski definition) is 0. The maximum absolute atomic E-state index is 6.32. The zero-order valence-electron chi connectivity index (χ0n) is 16.3. The number of hydroxylamine groups is 2. The fraction of sp³-hybridized carbons (Fsp3) is 0.348. The van der Waals surface area contributed by atoms with E-state index in [4.69, 9.17) is 14.3 Å². The Labute approximate surface area is 164 Å². The smallest absolute Gasteiger partial charge is 0.213 e. The van der Waals surface area contributed by atoms with Crippen LogP contribution in [0.3, 0.4) is 0 Å². The number of piperidine rings is 1. The Hall–Kier alpha value is -2.47. The number of nitrogens with zero attached hydrogens (tertiary/aromatic N) is 2. The fourth-order valence-corrected chi connectivity index (χ4v) is 4.22. The molecule has 5 heteroatoms. The third kappa shape index (κ3) is 2.96. The van der Waals surface area contributed by atoms with E-state index in [-0.39, 0.29) is 0 Å². The van der Waals surface area contributed by atoms with Gasteiger partial charge in [-0.2, -0.15) is 5.06 Å². The summed E-state index contributed by atoms with van der Waals surface area (Å²) in [5.74, 6) is 0.400. The van der Waals surface area contributed by atoms with E-state index in [1.165, 1.54) is 10.9 Å². The molecule has 1 aromatic heterocycles. The quantitative estimate of drug-likeness (QED) is 0.660. The van der Waals surface area contributed by atoms with Gasteiger partial charge in [-0.25, -0.2) is 0 Å². The first-order valence-electron chi connectivity index (χ1n) is 9.77. The number of para-hydroxylation sites is 1. The van der Waals surface area contributed by atoms with Crippen molar-refractivity contribution < 1.29 is 14.3 Å². The zero-order chi connectivity index (χ0) is 19.1. The average molecular weight is 376 g/mol. The molecule has 0 saturated carbocycles. The topological polar surface area (TPSA) is 43.8 Å². The fourth-order valence-electron chi connectivity index (χ4n) is 4.22. The summed E-state index contributed by atoms with van der Waals surface area (Å²) in [5, 5.41) is 3.14. The molecule has 0 aliphatic carbocycles. The van der Waals surface area contributed by atoms with Crippen molar-refractivity contribution in [3.05, 3.63) is 59.8 Å². The molecule has 0 N–H and O–H groups in total. The standard InChI is InChI=1S/C23H24N2O3/c1-16-19-5-3-4-6-21(19)24-14-20(16)17-7-8-22-18(13-17)15-27-23(28-22)9-11-25(26-2)12-10-23/h3-8,13-14H,9-12,15H2,1-2H3. The molecule has 0 atom stereocenters. The molecule has 0 radical (unpaired) electrons. The van der Waals surface area contributed by atoms with E-state index in [1.54, 1.807) is 7.11 Å². The number of fused-ring (bicyclic) bond motifs is 2. The van der Waals surface area contributed by atoms with Gasteiger partial charge in [0.05, 0.1) is 19.2 Å². The predicted molar refractivity (Wildman–Crippen MR) is 108 cm³/mol. The minimum atomic E-state index is -0.524. The highest BCUT2D eigenvalue weighted by Crippen LogP contribution is 2.39. The number of aryl methyl sites for hydroxylation is 1. The Bertz CT molecular complexity index is 1030. The maximum atomic E-state index is 6.32. The molecule has 1 saturated heterocycles. The normalized spacial score (nSPS) is 18.8. The number of ether oxygens (including phenoxy) is 2. The van der Waals surface area contributed by atoms with E-state index >= 15 is 0 Å². The first kappa shape index (κ1) is 17.6. The summed E-state index contributed by atoms with van der Waals surface area (Å²) in [6.07, 6.45) is 3.57. The molecule has 3 heterocycles. The number of hydrogen-bond acceptors (Lipinski definition) is 5. The van der Waals surface area contributed by atoms with E-state index in [9.17, 15) is 0 Å². The Morgan fingerprint density at radius 2 is 1.93 bits per heavy atom. The highest BCUT2D eigenvalue weighted by Gasteiger charge is 2.41. The second kappa shape index (κ2) is 6.85. The number of pyridine rings is 1. The first-order valence-corrected chi connectivity index (χ1v) is 9.77. The van der Waals surface area contributed by atoms with Crippen LogP contribution in [0.2, 0.25) is 0 Å². The summed E-state index contributed by atoms with van der Waals surface area (Å²) in [5.41, 5.74) is 5.65. The van der Waals surface area contributed by atoms with Gasteiger partial charge in [0.15, 0.2) is 0 Å². The van der Waals surface area contributed by atoms with Gasteiger partial charge in [-0.3, -0.25) is 4.98 Å². The van der Waals surface area contributed by atoms with Gasteiger partial charge in [0.2, 0.25) is 5.79 Å². The van der Waals surface area contributed by atoms with Crippen LogP contribution >= 0.6 is 0 Å². The molecule has 144 valence electrons. The molecule has 1 spiro atoms. The van der Waals surface area contributed by atoms with Crippen molar-refractivity contribution in [1.29, 1.82) is 0 Å². The van der Waals surface area contributed by atoms with Gasteiger partial charge < -0.3 is 14.3 Å². The third-order valence-electron chi connectivity index (χ3n) is 5.95. The second-order valence-electron chi connectivity index (χ2n) is 7.55. The van der Waals surface area contributed by atoms with Crippen LogP contribution in [0, 0.1) is 6.92 Å². The van der Waals surface area contributed by atoms with Gasteiger partial charge in [-0.15, -0.1) is 0 Å². The van der Waals surface area contributed by atoms with Crippen molar-refractivity contribution in [3.8, 4) is 16.9 Å². The highest BCUT2D eigenvalue weighted by molar-refractivity contribution is 5.88. The van der Waals surface area contributed by atoms with Crippen LogP contribution in [0.25, 0.3) is 22.0 Å². The van der Waals surface area contributed by atoms with Crippen LogP contribution < -0.4 is 4.74 Å². The molecular formula is C23H24N2O3. The minimum Gasteiger partial charge on any atom is -0.462 e. The van der Waals surface area contributed by atoms with E-state index in [0.29, 0.717) is 6.61 Å². The molecule has 1 fully saturated rings. The lowest BCUT2D eigenvalue weighted by atomic mass is 9.96. The van der Waals surface area contributed by atoms with Crippen molar-refractivity contribution in [2.24, 2.45) is 0 Å². The van der Waals surface area contributed by atoms with Gasteiger partial charge in [0.25, 0.3) is 0 Å². The molecular weight excluding hydrogens is 352 g/mol. The number of aromatic nitrogens is 1. The molecule has 5 nitrogen and oxygen atoms in total. The summed E-state index contributed by atoms with van der Waals surface area (Å²) < 4.78 is 12.5. The zero-order valence-corrected chi connectivity index (χ0v) is 16.3. The molecule has 3 aromatic rings. The Morgan fingerprint density at radius 1 is 1.11 bits per heavy atom. The Kier molecular flexibility index (Phi) is 4.31. The maximum Gasteiger partial charge on any atom is 0.213 e. The third-order valence-corrected chi connectivity index (χ3v) is 5.95. The Balaban J connectivity index is 1.45. The molecule has 0 bridgehead atoms. The summed E-state index contributed by atoms with van der Waals surface area (Å²) in [6.45, 7) is 4.35. The SMILES string of the molecule is CON1CCC2(CC1)OCc1cc(-c3cnc4ccccc4c3C)ccc1O2. The van der Waals surface area contributed by atoms with Crippen molar-refractivity contribution in [2.75, 3.05) is 20.2 Å². The van der Waals surface area contributed by atoms with Gasteiger partial charge in [-0.05, 0) is 36.2 Å². The molecule has 0 amide bonds. The van der Waals surface area contributed by atoms with Gasteiger partial charge in [-0.1, -0.05) is 24.3 Å². The summed E-state index contributed by atoms with van der Waals surface area (Å²) in [7, 11) is 1.71. The van der Waals surface area contributed by atoms with Gasteiger partial charge >= 0.3 is 0 Å². The van der Waals surface area contributed by atoms with E-state index < -0.39 is 5.79 Å². The van der Waals surface area contributed by atoms with E-state index in [0.717, 1.165) is 53.9 Å². The van der Waals surface area contributed by atoms with Crippen molar-refractivity contribution in [1.82, 2.24) is 10.0 Å². The van der Waals surface area contributed by atoms with Crippen molar-refractivity contribution >= 4 is 10.9 Å². The van der Waals surface area contributed by atoms with E-state index in [2.05, 4.69) is 48.3 Å². The predicted octanol–water partition coefficient (Wildman–Crippen LogP) is 4.47. The van der Waals surface area contributed by atoms with Gasteiger partial charge in [0.1, 0.15) is 5.75 Å². The lowest BCUT2D eigenvalue weighted by molar-refractivity contribution is -0.260. The molecule has 2 aromatic carbocycles.